The first-order valence-electron chi connectivity index (χ1n) is 5.80. The first kappa shape index (κ1) is 11.9. The summed E-state index contributed by atoms with van der Waals surface area (Å²) >= 11 is 0. The quantitative estimate of drug-likeness (QED) is 0.882. The summed E-state index contributed by atoms with van der Waals surface area (Å²) in [5.41, 5.74) is 1.30. The van der Waals surface area contributed by atoms with E-state index in [1.54, 1.807) is 12.5 Å². The Morgan fingerprint density at radius 3 is 2.88 bits per heavy atom. The van der Waals surface area contributed by atoms with Gasteiger partial charge in [0.1, 0.15) is 5.76 Å². The van der Waals surface area contributed by atoms with Crippen LogP contribution in [0.2, 0.25) is 0 Å². The van der Waals surface area contributed by atoms with Gasteiger partial charge in [0.2, 0.25) is 0 Å². The van der Waals surface area contributed by atoms with Crippen LogP contribution in [0, 0.1) is 0 Å². The standard InChI is InChI=1S/C13H19N3O/c1-13(2,3)15-7-11-6-12(17-9-11)8-16-5-4-14-10-16/h4-6,9-10,15H,7-8H2,1-3H3. The van der Waals surface area contributed by atoms with Gasteiger partial charge in [-0.3, -0.25) is 0 Å². The Kier molecular flexibility index (Phi) is 3.33. The normalized spacial score (nSPS) is 11.9. The lowest BCUT2D eigenvalue weighted by Crippen LogP contribution is -2.34. The molecule has 1 N–H and O–H groups in total. The first-order chi connectivity index (χ1) is 8.03. The van der Waals surface area contributed by atoms with Gasteiger partial charge in [-0.1, -0.05) is 0 Å². The second kappa shape index (κ2) is 4.75. The Hall–Kier alpha value is -1.55. The molecule has 0 saturated carbocycles. The van der Waals surface area contributed by atoms with Gasteiger partial charge < -0.3 is 14.3 Å². The summed E-state index contributed by atoms with van der Waals surface area (Å²) in [7, 11) is 0. The number of nitrogens with one attached hydrogen (secondary N) is 1. The van der Waals surface area contributed by atoms with Gasteiger partial charge in [0.25, 0.3) is 0 Å². The van der Waals surface area contributed by atoms with Crippen molar-refractivity contribution in [2.45, 2.75) is 39.4 Å². The number of imidazole rings is 1. The summed E-state index contributed by atoms with van der Waals surface area (Å²) in [4.78, 5) is 4.00. The molecule has 0 aromatic carbocycles. The Balaban J connectivity index is 1.92. The zero-order chi connectivity index (χ0) is 12.3. The molecule has 0 aliphatic carbocycles. The number of hydrogen-bond acceptors (Lipinski definition) is 3. The van der Waals surface area contributed by atoms with Crippen LogP contribution in [0.25, 0.3) is 0 Å². The highest BCUT2D eigenvalue weighted by molar-refractivity contribution is 5.13. The Bertz CT molecular complexity index is 451. The van der Waals surface area contributed by atoms with E-state index in [0.29, 0.717) is 0 Å². The van der Waals surface area contributed by atoms with E-state index in [9.17, 15) is 0 Å². The number of rotatable bonds is 4. The van der Waals surface area contributed by atoms with E-state index >= 15 is 0 Å². The summed E-state index contributed by atoms with van der Waals surface area (Å²) in [6.07, 6.45) is 7.29. The van der Waals surface area contributed by atoms with Crippen LogP contribution in [-0.4, -0.2) is 15.1 Å². The van der Waals surface area contributed by atoms with Crippen LogP contribution in [0.3, 0.4) is 0 Å². The van der Waals surface area contributed by atoms with E-state index in [2.05, 4.69) is 37.1 Å². The molecule has 0 radical (unpaired) electrons. The number of hydrogen-bond donors (Lipinski definition) is 1. The third kappa shape index (κ3) is 3.75. The zero-order valence-electron chi connectivity index (χ0n) is 10.6. The molecule has 4 nitrogen and oxygen atoms in total. The average Bonchev–Trinajstić information content (AvgIpc) is 2.86. The van der Waals surface area contributed by atoms with Gasteiger partial charge in [0.05, 0.1) is 19.1 Å². The molecule has 17 heavy (non-hydrogen) atoms. The molecular weight excluding hydrogens is 214 g/mol. The van der Waals surface area contributed by atoms with Crippen molar-refractivity contribution >= 4 is 0 Å². The summed E-state index contributed by atoms with van der Waals surface area (Å²) in [6, 6.07) is 2.08. The highest BCUT2D eigenvalue weighted by atomic mass is 16.3. The average molecular weight is 233 g/mol. The fourth-order valence-corrected chi connectivity index (χ4v) is 1.53. The van der Waals surface area contributed by atoms with Crippen molar-refractivity contribution in [3.05, 3.63) is 42.4 Å². The second-order valence-corrected chi connectivity index (χ2v) is 5.26. The fraction of sp³-hybridized carbons (Fsp3) is 0.462. The lowest BCUT2D eigenvalue weighted by Gasteiger charge is -2.19. The molecule has 0 amide bonds. The minimum atomic E-state index is 0.127. The van der Waals surface area contributed by atoms with Crippen molar-refractivity contribution in [1.82, 2.24) is 14.9 Å². The highest BCUT2D eigenvalue weighted by Gasteiger charge is 2.09. The minimum Gasteiger partial charge on any atom is -0.467 e. The largest absolute Gasteiger partial charge is 0.467 e. The van der Waals surface area contributed by atoms with Crippen molar-refractivity contribution in [3.8, 4) is 0 Å². The summed E-state index contributed by atoms with van der Waals surface area (Å²) in [5, 5.41) is 3.43. The topological polar surface area (TPSA) is 43.0 Å². The lowest BCUT2D eigenvalue weighted by atomic mass is 10.1. The molecule has 0 spiro atoms. The molecule has 0 bridgehead atoms. The highest BCUT2D eigenvalue weighted by Crippen LogP contribution is 2.11. The molecule has 0 aliphatic heterocycles. The first-order valence-corrected chi connectivity index (χ1v) is 5.80. The maximum absolute atomic E-state index is 5.51. The summed E-state index contributed by atoms with van der Waals surface area (Å²) in [6.45, 7) is 8.02. The minimum absolute atomic E-state index is 0.127. The molecule has 0 aliphatic rings. The van der Waals surface area contributed by atoms with E-state index in [-0.39, 0.29) is 5.54 Å². The SMILES string of the molecule is CC(C)(C)NCc1coc(Cn2ccnc2)c1. The predicted octanol–water partition coefficient (Wildman–Crippen LogP) is 2.41. The Morgan fingerprint density at radius 1 is 1.41 bits per heavy atom. The maximum Gasteiger partial charge on any atom is 0.123 e. The van der Waals surface area contributed by atoms with Crippen molar-refractivity contribution in [1.29, 1.82) is 0 Å². The summed E-state index contributed by atoms with van der Waals surface area (Å²) in [5.74, 6) is 0.953. The number of nitrogens with zero attached hydrogens (tertiary/aromatic N) is 2. The predicted molar refractivity (Wildman–Crippen MR) is 66.6 cm³/mol. The van der Waals surface area contributed by atoms with E-state index in [1.165, 1.54) is 5.56 Å². The van der Waals surface area contributed by atoms with Crippen molar-refractivity contribution in [3.63, 3.8) is 0 Å². The molecule has 4 heteroatoms. The molecule has 92 valence electrons. The third-order valence-electron chi connectivity index (χ3n) is 2.43. The molecule has 2 rings (SSSR count). The fourth-order valence-electron chi connectivity index (χ4n) is 1.53. The molecule has 0 fully saturated rings. The van der Waals surface area contributed by atoms with Crippen LogP contribution in [0.4, 0.5) is 0 Å². The molecule has 2 aromatic rings. The Labute approximate surface area is 102 Å². The smallest absolute Gasteiger partial charge is 0.123 e. The van der Waals surface area contributed by atoms with Gasteiger partial charge in [-0.05, 0) is 26.8 Å². The second-order valence-electron chi connectivity index (χ2n) is 5.26. The molecule has 2 aromatic heterocycles. The van der Waals surface area contributed by atoms with E-state index in [1.807, 2.05) is 17.0 Å². The van der Waals surface area contributed by atoms with Crippen LogP contribution in [0.1, 0.15) is 32.1 Å². The van der Waals surface area contributed by atoms with Gasteiger partial charge in [0, 0.05) is 30.0 Å². The van der Waals surface area contributed by atoms with E-state index < -0.39 is 0 Å². The van der Waals surface area contributed by atoms with Crippen molar-refractivity contribution in [2.75, 3.05) is 0 Å². The molecular formula is C13H19N3O. The molecule has 2 heterocycles. The van der Waals surface area contributed by atoms with E-state index in [0.717, 1.165) is 18.8 Å². The molecule has 0 atom stereocenters. The van der Waals surface area contributed by atoms with Gasteiger partial charge in [-0.2, -0.15) is 0 Å². The Morgan fingerprint density at radius 2 is 2.24 bits per heavy atom. The van der Waals surface area contributed by atoms with Gasteiger partial charge in [-0.15, -0.1) is 0 Å². The van der Waals surface area contributed by atoms with Crippen molar-refractivity contribution in [2.24, 2.45) is 0 Å². The van der Waals surface area contributed by atoms with Crippen LogP contribution in [0.15, 0.2) is 35.5 Å². The van der Waals surface area contributed by atoms with Gasteiger partial charge in [-0.25, -0.2) is 4.98 Å². The van der Waals surface area contributed by atoms with Crippen LogP contribution in [0.5, 0.6) is 0 Å². The monoisotopic (exact) mass is 233 g/mol. The third-order valence-corrected chi connectivity index (χ3v) is 2.43. The lowest BCUT2D eigenvalue weighted by molar-refractivity contribution is 0.422. The zero-order valence-corrected chi connectivity index (χ0v) is 10.6. The van der Waals surface area contributed by atoms with Gasteiger partial charge >= 0.3 is 0 Å². The maximum atomic E-state index is 5.51. The number of aromatic nitrogens is 2. The van der Waals surface area contributed by atoms with Gasteiger partial charge in [0.15, 0.2) is 0 Å². The van der Waals surface area contributed by atoms with Crippen molar-refractivity contribution < 1.29 is 4.42 Å². The van der Waals surface area contributed by atoms with Crippen LogP contribution >= 0.6 is 0 Å². The molecule has 0 saturated heterocycles. The number of furan rings is 1. The summed E-state index contributed by atoms with van der Waals surface area (Å²) < 4.78 is 7.50. The van der Waals surface area contributed by atoms with Crippen LogP contribution in [-0.2, 0) is 13.1 Å². The van der Waals surface area contributed by atoms with Crippen LogP contribution < -0.4 is 5.32 Å². The van der Waals surface area contributed by atoms with E-state index in [4.69, 9.17) is 4.42 Å². The molecule has 0 unspecified atom stereocenters.